The average Bonchev–Trinajstić information content (AvgIpc) is 3.09. The van der Waals surface area contributed by atoms with Gasteiger partial charge in [0.05, 0.1) is 17.2 Å². The molecule has 0 spiro atoms. The molecule has 1 heterocycles. The Balaban J connectivity index is 1.62. The number of rotatable bonds is 4. The summed E-state index contributed by atoms with van der Waals surface area (Å²) in [4.78, 5) is 24.3. The van der Waals surface area contributed by atoms with Gasteiger partial charge in [0.25, 0.3) is 5.91 Å². The maximum Gasteiger partial charge on any atom is 0.339 e. The summed E-state index contributed by atoms with van der Waals surface area (Å²) in [6.07, 6.45) is -1.01. The Morgan fingerprint density at radius 3 is 2.80 bits per heavy atom. The number of nitrogens with zero attached hydrogens (tertiary/aromatic N) is 1. The van der Waals surface area contributed by atoms with Crippen LogP contribution in [0.4, 0.5) is 5.69 Å². The van der Waals surface area contributed by atoms with Crippen molar-refractivity contribution >= 4 is 17.6 Å². The van der Waals surface area contributed by atoms with Crippen LogP contribution in [0.2, 0.25) is 0 Å². The summed E-state index contributed by atoms with van der Waals surface area (Å²) in [6.45, 7) is 1.57. The van der Waals surface area contributed by atoms with Gasteiger partial charge in [0.1, 0.15) is 0 Å². The number of hydrogen-bond acceptors (Lipinski definition) is 6. The molecule has 1 atom stereocenters. The summed E-state index contributed by atoms with van der Waals surface area (Å²) in [6, 6.07) is 13.1. The van der Waals surface area contributed by atoms with Crippen molar-refractivity contribution in [1.29, 1.82) is 5.26 Å². The highest BCUT2D eigenvalue weighted by Crippen LogP contribution is 2.32. The molecule has 2 aromatic carbocycles. The number of esters is 1. The number of nitriles is 1. The van der Waals surface area contributed by atoms with E-state index in [1.165, 1.54) is 25.1 Å². The Morgan fingerprint density at radius 1 is 1.20 bits per heavy atom. The van der Waals surface area contributed by atoms with Crippen LogP contribution in [-0.4, -0.2) is 24.8 Å². The van der Waals surface area contributed by atoms with E-state index in [1.54, 1.807) is 24.3 Å². The van der Waals surface area contributed by atoms with Gasteiger partial charge in [-0.05, 0) is 43.3 Å². The first-order valence-corrected chi connectivity index (χ1v) is 7.48. The van der Waals surface area contributed by atoms with Gasteiger partial charge in [-0.25, -0.2) is 4.79 Å². The van der Waals surface area contributed by atoms with Crippen LogP contribution >= 0.6 is 0 Å². The first-order valence-electron chi connectivity index (χ1n) is 7.48. The lowest BCUT2D eigenvalue weighted by molar-refractivity contribution is -0.123. The van der Waals surface area contributed by atoms with E-state index in [9.17, 15) is 9.59 Å². The van der Waals surface area contributed by atoms with Crippen molar-refractivity contribution in [3.63, 3.8) is 0 Å². The minimum atomic E-state index is -1.01. The zero-order chi connectivity index (χ0) is 17.8. The molecule has 0 saturated heterocycles. The Bertz CT molecular complexity index is 872. The number of amides is 1. The summed E-state index contributed by atoms with van der Waals surface area (Å²) >= 11 is 0. The first kappa shape index (κ1) is 16.3. The molecule has 126 valence electrons. The molecule has 0 radical (unpaired) electrons. The van der Waals surface area contributed by atoms with E-state index in [-0.39, 0.29) is 12.4 Å². The maximum atomic E-state index is 12.2. The third kappa shape index (κ3) is 3.70. The molecule has 0 bridgehead atoms. The van der Waals surface area contributed by atoms with Crippen LogP contribution in [0.1, 0.15) is 22.8 Å². The number of hydrogen-bond donors (Lipinski definition) is 1. The highest BCUT2D eigenvalue weighted by Gasteiger charge is 2.21. The Labute approximate surface area is 143 Å². The summed E-state index contributed by atoms with van der Waals surface area (Å²) in [5.74, 6) is -0.129. The van der Waals surface area contributed by atoms with Crippen LogP contribution in [0.25, 0.3) is 0 Å². The van der Waals surface area contributed by atoms with E-state index >= 15 is 0 Å². The zero-order valence-corrected chi connectivity index (χ0v) is 13.3. The summed E-state index contributed by atoms with van der Waals surface area (Å²) in [7, 11) is 0. The van der Waals surface area contributed by atoms with Crippen LogP contribution in [0.3, 0.4) is 0 Å². The topological polar surface area (TPSA) is 97.7 Å². The second kappa shape index (κ2) is 6.93. The van der Waals surface area contributed by atoms with Crippen LogP contribution in [-0.2, 0) is 9.53 Å². The number of nitrogens with one attached hydrogen (secondary N) is 1. The lowest BCUT2D eigenvalue weighted by Crippen LogP contribution is -2.30. The normalized spacial score (nSPS) is 12.8. The molecule has 0 aromatic heterocycles. The van der Waals surface area contributed by atoms with Gasteiger partial charge in [0, 0.05) is 5.69 Å². The largest absolute Gasteiger partial charge is 0.454 e. The minimum Gasteiger partial charge on any atom is -0.454 e. The highest BCUT2D eigenvalue weighted by atomic mass is 16.7. The second-order valence-electron chi connectivity index (χ2n) is 5.30. The van der Waals surface area contributed by atoms with Gasteiger partial charge in [-0.1, -0.05) is 6.07 Å². The summed E-state index contributed by atoms with van der Waals surface area (Å²) in [5, 5.41) is 11.5. The summed E-state index contributed by atoms with van der Waals surface area (Å²) < 4.78 is 15.6. The van der Waals surface area contributed by atoms with E-state index in [4.69, 9.17) is 19.5 Å². The van der Waals surface area contributed by atoms with Gasteiger partial charge in [0.15, 0.2) is 17.6 Å². The van der Waals surface area contributed by atoms with Crippen LogP contribution in [0.5, 0.6) is 11.5 Å². The van der Waals surface area contributed by atoms with E-state index in [1.807, 2.05) is 6.07 Å². The van der Waals surface area contributed by atoms with Gasteiger partial charge in [-0.2, -0.15) is 5.26 Å². The van der Waals surface area contributed by atoms with Gasteiger partial charge in [-0.3, -0.25) is 4.79 Å². The van der Waals surface area contributed by atoms with Crippen LogP contribution in [0.15, 0.2) is 42.5 Å². The number of carbonyl (C=O) groups is 2. The van der Waals surface area contributed by atoms with Crippen LogP contribution < -0.4 is 14.8 Å². The Kier molecular flexibility index (Phi) is 4.53. The molecular formula is C18H14N2O5. The van der Waals surface area contributed by atoms with Crippen molar-refractivity contribution in [2.45, 2.75) is 13.0 Å². The molecule has 0 aliphatic carbocycles. The van der Waals surface area contributed by atoms with Gasteiger partial charge < -0.3 is 19.5 Å². The van der Waals surface area contributed by atoms with Crippen molar-refractivity contribution in [3.8, 4) is 17.6 Å². The number of ether oxygens (including phenoxy) is 3. The van der Waals surface area contributed by atoms with Crippen molar-refractivity contribution in [3.05, 3.63) is 53.6 Å². The van der Waals surface area contributed by atoms with Crippen molar-refractivity contribution in [2.24, 2.45) is 0 Å². The molecule has 2 aromatic rings. The highest BCUT2D eigenvalue weighted by molar-refractivity contribution is 5.97. The van der Waals surface area contributed by atoms with Crippen LogP contribution in [0, 0.1) is 11.3 Å². The maximum absolute atomic E-state index is 12.2. The molecule has 1 aliphatic heterocycles. The third-order valence-electron chi connectivity index (χ3n) is 3.52. The average molecular weight is 338 g/mol. The molecular weight excluding hydrogens is 324 g/mol. The lowest BCUT2D eigenvalue weighted by atomic mass is 10.2. The van der Waals surface area contributed by atoms with E-state index < -0.39 is 18.0 Å². The molecule has 0 fully saturated rings. The molecule has 25 heavy (non-hydrogen) atoms. The predicted molar refractivity (Wildman–Crippen MR) is 87.2 cm³/mol. The van der Waals surface area contributed by atoms with Crippen molar-refractivity contribution in [1.82, 2.24) is 0 Å². The fourth-order valence-electron chi connectivity index (χ4n) is 2.22. The van der Waals surface area contributed by atoms with Crippen molar-refractivity contribution < 1.29 is 23.8 Å². The molecule has 0 saturated carbocycles. The molecule has 3 rings (SSSR count). The molecule has 7 heteroatoms. The molecule has 1 unspecified atom stereocenters. The second-order valence-corrected chi connectivity index (χ2v) is 5.30. The lowest BCUT2D eigenvalue weighted by Gasteiger charge is -2.14. The Morgan fingerprint density at radius 2 is 2.00 bits per heavy atom. The minimum absolute atomic E-state index is 0.106. The summed E-state index contributed by atoms with van der Waals surface area (Å²) in [5.41, 5.74) is 1.13. The van der Waals surface area contributed by atoms with E-state index in [2.05, 4.69) is 5.32 Å². The number of benzene rings is 2. The number of fused-ring (bicyclic) bond motifs is 1. The third-order valence-corrected chi connectivity index (χ3v) is 3.52. The number of carbonyl (C=O) groups excluding carboxylic acids is 2. The quantitative estimate of drug-likeness (QED) is 0.860. The van der Waals surface area contributed by atoms with Gasteiger partial charge >= 0.3 is 5.97 Å². The van der Waals surface area contributed by atoms with Gasteiger partial charge in [0.2, 0.25) is 6.79 Å². The standard InChI is InChI=1S/C18H14N2O5/c1-11(17(21)20-14-4-2-3-12(7-14)9-19)25-18(22)13-5-6-15-16(8-13)24-10-23-15/h2-8,11H,10H2,1H3,(H,20,21). The SMILES string of the molecule is CC(OC(=O)c1ccc2c(c1)OCO2)C(=O)Nc1cccc(C#N)c1. The van der Waals surface area contributed by atoms with Gasteiger partial charge in [-0.15, -0.1) is 0 Å². The zero-order valence-electron chi connectivity index (χ0n) is 13.3. The predicted octanol–water partition coefficient (Wildman–Crippen LogP) is 2.47. The first-order chi connectivity index (χ1) is 12.1. The van der Waals surface area contributed by atoms with E-state index in [0.717, 1.165) is 0 Å². The fourth-order valence-corrected chi connectivity index (χ4v) is 2.22. The van der Waals surface area contributed by atoms with E-state index in [0.29, 0.717) is 22.7 Å². The fraction of sp³-hybridized carbons (Fsp3) is 0.167. The van der Waals surface area contributed by atoms with Crippen molar-refractivity contribution in [2.75, 3.05) is 12.1 Å². The Hall–Kier alpha value is -3.53. The monoisotopic (exact) mass is 338 g/mol. The molecule has 1 N–H and O–H groups in total. The molecule has 1 amide bonds. The number of anilines is 1. The molecule has 1 aliphatic rings. The smallest absolute Gasteiger partial charge is 0.339 e. The molecule has 7 nitrogen and oxygen atoms in total.